The van der Waals surface area contributed by atoms with Gasteiger partial charge in [-0.15, -0.1) is 0 Å². The van der Waals surface area contributed by atoms with Crippen LogP contribution in [-0.4, -0.2) is 11.9 Å². The van der Waals surface area contributed by atoms with Gasteiger partial charge >= 0.3 is 0 Å². The van der Waals surface area contributed by atoms with E-state index in [1.165, 1.54) is 0 Å². The maximum Gasteiger partial charge on any atom is 0.252 e. The second-order valence-corrected chi connectivity index (χ2v) is 5.07. The third kappa shape index (κ3) is 2.80. The van der Waals surface area contributed by atoms with E-state index >= 15 is 0 Å². The molecule has 1 aliphatic rings. The Bertz CT molecular complexity index is 519. The van der Waals surface area contributed by atoms with Crippen molar-refractivity contribution in [3.05, 3.63) is 46.5 Å². The second kappa shape index (κ2) is 5.83. The minimum absolute atomic E-state index is 0.138. The number of nitrogens with zero attached hydrogens (tertiary/aromatic N) is 1. The Kier molecular flexibility index (Phi) is 4.16. The number of hydrogen-bond acceptors (Lipinski definition) is 2. The van der Waals surface area contributed by atoms with Crippen LogP contribution in [0.1, 0.15) is 23.2 Å². The van der Waals surface area contributed by atoms with Gasteiger partial charge in [-0.3, -0.25) is 4.79 Å². The fourth-order valence-electron chi connectivity index (χ4n) is 2.00. The van der Waals surface area contributed by atoms with Crippen molar-refractivity contribution in [1.29, 1.82) is 5.26 Å². The van der Waals surface area contributed by atoms with Gasteiger partial charge in [0.1, 0.15) is 0 Å². The predicted octanol–water partition coefficient (Wildman–Crippen LogP) is 3.04. The van der Waals surface area contributed by atoms with Crippen LogP contribution in [0, 0.1) is 17.2 Å². The van der Waals surface area contributed by atoms with Gasteiger partial charge < -0.3 is 5.32 Å². The van der Waals surface area contributed by atoms with Crippen molar-refractivity contribution >= 4 is 21.8 Å². The first-order valence-corrected chi connectivity index (χ1v) is 6.63. The van der Waals surface area contributed by atoms with Crippen LogP contribution in [0.3, 0.4) is 0 Å². The maximum absolute atomic E-state index is 12.1. The quantitative estimate of drug-likeness (QED) is 0.854. The molecule has 0 aromatic heterocycles. The fourth-order valence-corrected chi connectivity index (χ4v) is 2.47. The van der Waals surface area contributed by atoms with Crippen molar-refractivity contribution in [2.75, 3.05) is 0 Å². The zero-order valence-corrected chi connectivity index (χ0v) is 11.4. The third-order valence-electron chi connectivity index (χ3n) is 3.00. The molecule has 0 fully saturated rings. The van der Waals surface area contributed by atoms with E-state index in [-0.39, 0.29) is 17.9 Å². The average Bonchev–Trinajstić information content (AvgIpc) is 2.39. The summed E-state index contributed by atoms with van der Waals surface area (Å²) in [5, 5.41) is 12.0. The molecule has 18 heavy (non-hydrogen) atoms. The molecule has 1 aliphatic carbocycles. The number of rotatable bonds is 2. The summed E-state index contributed by atoms with van der Waals surface area (Å²) in [6, 6.07) is 9.32. The molecule has 1 aromatic carbocycles. The molecule has 0 spiro atoms. The molecule has 3 nitrogen and oxygen atoms in total. The highest BCUT2D eigenvalue weighted by atomic mass is 79.9. The van der Waals surface area contributed by atoms with Gasteiger partial charge in [-0.05, 0) is 40.9 Å². The molecule has 92 valence electrons. The van der Waals surface area contributed by atoms with E-state index in [0.717, 1.165) is 17.3 Å². The lowest BCUT2D eigenvalue weighted by Gasteiger charge is -2.23. The van der Waals surface area contributed by atoms with Crippen molar-refractivity contribution in [3.63, 3.8) is 0 Å². The summed E-state index contributed by atoms with van der Waals surface area (Å²) >= 11 is 3.35. The zero-order valence-electron chi connectivity index (χ0n) is 9.77. The van der Waals surface area contributed by atoms with Crippen molar-refractivity contribution in [2.45, 2.75) is 18.9 Å². The minimum Gasteiger partial charge on any atom is -0.344 e. The zero-order chi connectivity index (χ0) is 13.0. The highest BCUT2D eigenvalue weighted by molar-refractivity contribution is 9.10. The van der Waals surface area contributed by atoms with E-state index in [9.17, 15) is 4.79 Å². The Morgan fingerprint density at radius 2 is 2.22 bits per heavy atom. The standard InChI is InChI=1S/C14H13BrN2O/c15-12-7-3-2-6-11(12)14(18)17-13-8-4-1-5-10(13)9-16/h2-4,6-8,10,13H,1,5H2,(H,17,18)/t10-,13-/m1/s1. The summed E-state index contributed by atoms with van der Waals surface area (Å²) in [6.45, 7) is 0. The molecule has 0 radical (unpaired) electrons. The average molecular weight is 305 g/mol. The highest BCUT2D eigenvalue weighted by Crippen LogP contribution is 2.20. The molecule has 0 saturated carbocycles. The third-order valence-corrected chi connectivity index (χ3v) is 3.69. The van der Waals surface area contributed by atoms with E-state index in [4.69, 9.17) is 5.26 Å². The molecule has 4 heteroatoms. The maximum atomic E-state index is 12.1. The van der Waals surface area contributed by atoms with Crippen molar-refractivity contribution in [3.8, 4) is 6.07 Å². The summed E-state index contributed by atoms with van der Waals surface area (Å²) < 4.78 is 0.760. The van der Waals surface area contributed by atoms with Crippen LogP contribution in [-0.2, 0) is 0 Å². The number of carbonyl (C=O) groups excluding carboxylic acids is 1. The first kappa shape index (κ1) is 12.8. The van der Waals surface area contributed by atoms with Crippen LogP contribution < -0.4 is 5.32 Å². The lowest BCUT2D eigenvalue weighted by Crippen LogP contribution is -2.39. The van der Waals surface area contributed by atoms with Crippen LogP contribution in [0.5, 0.6) is 0 Å². The van der Waals surface area contributed by atoms with Crippen LogP contribution in [0.25, 0.3) is 0 Å². The van der Waals surface area contributed by atoms with E-state index in [2.05, 4.69) is 27.3 Å². The van der Waals surface area contributed by atoms with E-state index < -0.39 is 0 Å². The molecule has 0 saturated heterocycles. The summed E-state index contributed by atoms with van der Waals surface area (Å²) in [6.07, 6.45) is 5.62. The van der Waals surface area contributed by atoms with Gasteiger partial charge in [0.25, 0.3) is 5.91 Å². The van der Waals surface area contributed by atoms with Gasteiger partial charge in [-0.1, -0.05) is 24.3 Å². The van der Waals surface area contributed by atoms with Gasteiger partial charge in [0.05, 0.1) is 23.6 Å². The van der Waals surface area contributed by atoms with Crippen molar-refractivity contribution in [2.24, 2.45) is 5.92 Å². The Morgan fingerprint density at radius 1 is 1.44 bits per heavy atom. The summed E-state index contributed by atoms with van der Waals surface area (Å²) in [5.41, 5.74) is 0.591. The number of benzene rings is 1. The number of hydrogen-bond donors (Lipinski definition) is 1. The van der Waals surface area contributed by atoms with E-state index in [1.807, 2.05) is 30.4 Å². The first-order chi connectivity index (χ1) is 8.72. The SMILES string of the molecule is N#C[C@H]1CCC=C[C@H]1NC(=O)c1ccccc1Br. The molecule has 1 N–H and O–H groups in total. The molecule has 2 atom stereocenters. The van der Waals surface area contributed by atoms with E-state index in [0.29, 0.717) is 5.56 Å². The molecular formula is C14H13BrN2O. The number of halogens is 1. The Labute approximate surface area is 115 Å². The summed E-state index contributed by atoms with van der Waals surface area (Å²) in [7, 11) is 0. The Balaban J connectivity index is 2.12. The Morgan fingerprint density at radius 3 is 2.94 bits per heavy atom. The number of nitriles is 1. The molecular weight excluding hydrogens is 292 g/mol. The van der Waals surface area contributed by atoms with Gasteiger partial charge in [-0.25, -0.2) is 0 Å². The lowest BCUT2D eigenvalue weighted by molar-refractivity contribution is 0.0935. The molecule has 0 aliphatic heterocycles. The first-order valence-electron chi connectivity index (χ1n) is 5.84. The van der Waals surface area contributed by atoms with Crippen molar-refractivity contribution in [1.82, 2.24) is 5.32 Å². The Hall–Kier alpha value is -1.60. The highest BCUT2D eigenvalue weighted by Gasteiger charge is 2.23. The monoisotopic (exact) mass is 304 g/mol. The smallest absolute Gasteiger partial charge is 0.252 e. The molecule has 1 aromatic rings. The van der Waals surface area contributed by atoms with Crippen molar-refractivity contribution < 1.29 is 4.79 Å². The van der Waals surface area contributed by atoms with Gasteiger partial charge in [0.15, 0.2) is 0 Å². The van der Waals surface area contributed by atoms with Crippen LogP contribution in [0.4, 0.5) is 0 Å². The normalized spacial score (nSPS) is 22.2. The lowest BCUT2D eigenvalue weighted by atomic mass is 9.90. The minimum atomic E-state index is -0.191. The number of amides is 1. The molecule has 0 bridgehead atoms. The van der Waals surface area contributed by atoms with Crippen LogP contribution in [0.2, 0.25) is 0 Å². The van der Waals surface area contributed by atoms with Crippen LogP contribution in [0.15, 0.2) is 40.9 Å². The number of carbonyl (C=O) groups is 1. The van der Waals surface area contributed by atoms with Gasteiger partial charge in [0, 0.05) is 4.47 Å². The topological polar surface area (TPSA) is 52.9 Å². The van der Waals surface area contributed by atoms with E-state index in [1.54, 1.807) is 6.07 Å². The fraction of sp³-hybridized carbons (Fsp3) is 0.286. The van der Waals surface area contributed by atoms with Crippen LogP contribution >= 0.6 is 15.9 Å². The predicted molar refractivity (Wildman–Crippen MR) is 72.9 cm³/mol. The molecule has 2 rings (SSSR count). The molecule has 0 heterocycles. The summed E-state index contributed by atoms with van der Waals surface area (Å²) in [5.74, 6) is -0.291. The number of nitrogens with one attached hydrogen (secondary N) is 1. The molecule has 1 amide bonds. The van der Waals surface area contributed by atoms with Gasteiger partial charge in [0.2, 0.25) is 0 Å². The van der Waals surface area contributed by atoms with Gasteiger partial charge in [-0.2, -0.15) is 5.26 Å². The second-order valence-electron chi connectivity index (χ2n) is 4.22. The number of allylic oxidation sites excluding steroid dienone is 1. The largest absolute Gasteiger partial charge is 0.344 e. The summed E-state index contributed by atoms with van der Waals surface area (Å²) in [4.78, 5) is 12.1. The molecule has 0 unspecified atom stereocenters.